The molecule has 0 radical (unpaired) electrons. The number of nitrogens with zero attached hydrogens (tertiary/aromatic N) is 5. The highest BCUT2D eigenvalue weighted by molar-refractivity contribution is 6.30. The van der Waals surface area contributed by atoms with E-state index >= 15 is 0 Å². The number of hydrogen-bond acceptors (Lipinski definition) is 5. The van der Waals surface area contributed by atoms with Crippen molar-refractivity contribution in [2.24, 2.45) is 14.1 Å². The van der Waals surface area contributed by atoms with Crippen molar-refractivity contribution in [2.75, 3.05) is 26.3 Å². The van der Waals surface area contributed by atoms with E-state index < -0.39 is 0 Å². The maximum absolute atomic E-state index is 12.9. The zero-order valence-corrected chi connectivity index (χ0v) is 18.7. The second-order valence-corrected chi connectivity index (χ2v) is 8.05. The Morgan fingerprint density at radius 3 is 2.74 bits per heavy atom. The Kier molecular flexibility index (Phi) is 6.29. The average Bonchev–Trinajstić information content (AvgIpc) is 3.31. The highest BCUT2D eigenvalue weighted by Crippen LogP contribution is 2.24. The summed E-state index contributed by atoms with van der Waals surface area (Å²) in [4.78, 5) is 14.8. The summed E-state index contributed by atoms with van der Waals surface area (Å²) in [7, 11) is 3.74. The molecular weight excluding hydrogens is 418 g/mol. The number of benzene rings is 1. The maximum Gasteiger partial charge on any atom is 0.257 e. The van der Waals surface area contributed by atoms with Crippen LogP contribution in [0.25, 0.3) is 0 Å². The summed E-state index contributed by atoms with van der Waals surface area (Å²) in [6.45, 7) is 3.91. The van der Waals surface area contributed by atoms with Crippen molar-refractivity contribution in [3.05, 3.63) is 64.2 Å². The molecule has 1 aliphatic heterocycles. The molecule has 0 N–H and O–H groups in total. The average molecular weight is 444 g/mol. The van der Waals surface area contributed by atoms with Gasteiger partial charge < -0.3 is 14.4 Å². The van der Waals surface area contributed by atoms with Gasteiger partial charge in [-0.25, -0.2) is 0 Å². The molecule has 4 rings (SSSR count). The molecule has 1 fully saturated rings. The summed E-state index contributed by atoms with van der Waals surface area (Å²) in [6.07, 6.45) is 2.07. The van der Waals surface area contributed by atoms with Gasteiger partial charge in [0.05, 0.1) is 37.2 Å². The van der Waals surface area contributed by atoms with E-state index in [4.69, 9.17) is 21.1 Å². The fraction of sp³-hybridized carbons (Fsp3) is 0.409. The zero-order chi connectivity index (χ0) is 22.0. The third-order valence-corrected chi connectivity index (χ3v) is 5.84. The van der Waals surface area contributed by atoms with Crippen LogP contribution in [0.5, 0.6) is 5.75 Å². The van der Waals surface area contributed by atoms with Gasteiger partial charge in [-0.3, -0.25) is 14.2 Å². The normalized spacial score (nSPS) is 16.5. The molecule has 164 valence electrons. The van der Waals surface area contributed by atoms with Gasteiger partial charge in [0.25, 0.3) is 5.91 Å². The Bertz CT molecular complexity index is 1060. The Morgan fingerprint density at radius 2 is 2.03 bits per heavy atom. The van der Waals surface area contributed by atoms with Crippen LogP contribution in [0.3, 0.4) is 0 Å². The molecule has 1 amide bonds. The lowest BCUT2D eigenvalue weighted by Gasteiger charge is -2.32. The number of ether oxygens (including phenoxy) is 2. The highest BCUT2D eigenvalue weighted by Gasteiger charge is 2.29. The fourth-order valence-electron chi connectivity index (χ4n) is 3.62. The van der Waals surface area contributed by atoms with Crippen molar-refractivity contribution in [2.45, 2.75) is 19.4 Å². The van der Waals surface area contributed by atoms with E-state index in [9.17, 15) is 4.79 Å². The standard InChI is InChI=1S/C22H26ClN5O3/c1-15-19(13-24-26(15)2)22(29)28-9-11-31-21(14-28)20-12-17(27(3)25-20)8-10-30-18-6-4-16(23)5-7-18/h4-7,12-13,21H,8-11,14H2,1-3H3/t21-/m1/s1. The molecule has 8 nitrogen and oxygen atoms in total. The predicted octanol–water partition coefficient (Wildman–Crippen LogP) is 2.95. The van der Waals surface area contributed by atoms with Crippen LogP contribution in [0.15, 0.2) is 36.5 Å². The number of hydrogen-bond donors (Lipinski definition) is 0. The van der Waals surface area contributed by atoms with E-state index in [1.54, 1.807) is 23.0 Å². The maximum atomic E-state index is 12.9. The van der Waals surface area contributed by atoms with Crippen molar-refractivity contribution >= 4 is 17.5 Å². The van der Waals surface area contributed by atoms with Gasteiger partial charge >= 0.3 is 0 Å². The monoisotopic (exact) mass is 443 g/mol. The SMILES string of the molecule is Cc1c(C(=O)N2CCO[C@@H](c3cc(CCOc4ccc(Cl)cc4)n(C)n3)C2)cnn1C. The quantitative estimate of drug-likeness (QED) is 0.585. The molecule has 1 saturated heterocycles. The van der Waals surface area contributed by atoms with Gasteiger partial charge in [-0.15, -0.1) is 0 Å². The minimum Gasteiger partial charge on any atom is -0.493 e. The van der Waals surface area contributed by atoms with E-state index in [1.807, 2.05) is 48.8 Å². The van der Waals surface area contributed by atoms with E-state index in [0.29, 0.717) is 43.3 Å². The second kappa shape index (κ2) is 9.11. The van der Waals surface area contributed by atoms with Crippen LogP contribution in [0, 0.1) is 6.92 Å². The lowest BCUT2D eigenvalue weighted by molar-refractivity contribution is -0.0249. The molecule has 0 unspecified atom stereocenters. The molecule has 1 aromatic carbocycles. The number of aryl methyl sites for hydroxylation is 2. The number of halogens is 1. The minimum absolute atomic E-state index is 0.0218. The number of carbonyl (C=O) groups is 1. The van der Waals surface area contributed by atoms with Gasteiger partial charge in [0.1, 0.15) is 11.9 Å². The number of amides is 1. The Hall–Kier alpha value is -2.84. The van der Waals surface area contributed by atoms with Crippen molar-refractivity contribution in [1.29, 1.82) is 0 Å². The first kappa shape index (κ1) is 21.4. The number of rotatable bonds is 6. The molecule has 0 spiro atoms. The van der Waals surface area contributed by atoms with Crippen LogP contribution < -0.4 is 4.74 Å². The van der Waals surface area contributed by atoms with Crippen molar-refractivity contribution in [3.63, 3.8) is 0 Å². The van der Waals surface area contributed by atoms with Crippen molar-refractivity contribution < 1.29 is 14.3 Å². The van der Waals surface area contributed by atoms with Crippen LogP contribution in [0.2, 0.25) is 5.02 Å². The zero-order valence-electron chi connectivity index (χ0n) is 17.9. The van der Waals surface area contributed by atoms with Crippen LogP contribution >= 0.6 is 11.6 Å². The third kappa shape index (κ3) is 4.75. The molecule has 2 aromatic heterocycles. The van der Waals surface area contributed by atoms with Crippen LogP contribution in [0.1, 0.15) is 33.5 Å². The predicted molar refractivity (Wildman–Crippen MR) is 116 cm³/mol. The van der Waals surface area contributed by atoms with Gasteiger partial charge in [0, 0.05) is 43.5 Å². The Balaban J connectivity index is 1.38. The van der Waals surface area contributed by atoms with E-state index in [1.165, 1.54) is 0 Å². The molecule has 1 aliphatic rings. The minimum atomic E-state index is -0.258. The molecule has 0 bridgehead atoms. The van der Waals surface area contributed by atoms with Crippen molar-refractivity contribution in [3.8, 4) is 5.75 Å². The summed E-state index contributed by atoms with van der Waals surface area (Å²) in [6, 6.07) is 9.34. The smallest absolute Gasteiger partial charge is 0.257 e. The summed E-state index contributed by atoms with van der Waals surface area (Å²) in [5.74, 6) is 0.758. The van der Waals surface area contributed by atoms with E-state index in [0.717, 1.165) is 22.8 Å². The highest BCUT2D eigenvalue weighted by atomic mass is 35.5. The van der Waals surface area contributed by atoms with Crippen LogP contribution in [-0.2, 0) is 25.3 Å². The Morgan fingerprint density at radius 1 is 1.26 bits per heavy atom. The lowest BCUT2D eigenvalue weighted by Crippen LogP contribution is -2.42. The molecule has 0 aliphatic carbocycles. The largest absolute Gasteiger partial charge is 0.493 e. The van der Waals surface area contributed by atoms with Gasteiger partial charge in [-0.2, -0.15) is 10.2 Å². The van der Waals surface area contributed by atoms with E-state index in [-0.39, 0.29) is 12.0 Å². The second-order valence-electron chi connectivity index (χ2n) is 7.61. The molecular formula is C22H26ClN5O3. The third-order valence-electron chi connectivity index (χ3n) is 5.59. The number of carbonyl (C=O) groups excluding carboxylic acids is 1. The number of aromatic nitrogens is 4. The Labute approximate surface area is 186 Å². The molecule has 3 aromatic rings. The van der Waals surface area contributed by atoms with Crippen LogP contribution in [0.4, 0.5) is 0 Å². The first-order chi connectivity index (χ1) is 14.9. The lowest BCUT2D eigenvalue weighted by atomic mass is 10.1. The molecule has 0 saturated carbocycles. The fourth-order valence-corrected chi connectivity index (χ4v) is 3.74. The molecule has 31 heavy (non-hydrogen) atoms. The molecule has 3 heterocycles. The van der Waals surface area contributed by atoms with Gasteiger partial charge in [0.15, 0.2) is 0 Å². The van der Waals surface area contributed by atoms with Gasteiger partial charge in [-0.1, -0.05) is 11.6 Å². The first-order valence-corrected chi connectivity index (χ1v) is 10.6. The number of morpholine rings is 1. The summed E-state index contributed by atoms with van der Waals surface area (Å²) in [5, 5.41) is 9.49. The van der Waals surface area contributed by atoms with E-state index in [2.05, 4.69) is 10.2 Å². The van der Waals surface area contributed by atoms with Crippen molar-refractivity contribution in [1.82, 2.24) is 24.5 Å². The summed E-state index contributed by atoms with van der Waals surface area (Å²) >= 11 is 5.90. The molecule has 1 atom stereocenters. The van der Waals surface area contributed by atoms with Gasteiger partial charge in [-0.05, 0) is 37.3 Å². The van der Waals surface area contributed by atoms with Crippen LogP contribution in [-0.4, -0.2) is 56.7 Å². The topological polar surface area (TPSA) is 74.4 Å². The van der Waals surface area contributed by atoms with Gasteiger partial charge in [0.2, 0.25) is 0 Å². The summed E-state index contributed by atoms with van der Waals surface area (Å²) < 4.78 is 15.3. The molecule has 9 heteroatoms. The first-order valence-electron chi connectivity index (χ1n) is 10.2. The summed E-state index contributed by atoms with van der Waals surface area (Å²) in [5.41, 5.74) is 3.35.